The minimum atomic E-state index is 0.770. The van der Waals surface area contributed by atoms with Crippen molar-refractivity contribution in [2.45, 2.75) is 96.4 Å². The molecule has 0 unspecified atom stereocenters. The summed E-state index contributed by atoms with van der Waals surface area (Å²) in [5.74, 6) is 0. The molecule has 108 valence electrons. The van der Waals surface area contributed by atoms with Gasteiger partial charge in [-0.25, -0.2) is 0 Å². The molecule has 0 saturated heterocycles. The van der Waals surface area contributed by atoms with Gasteiger partial charge in [-0.2, -0.15) is 0 Å². The molecule has 18 heavy (non-hydrogen) atoms. The quantitative estimate of drug-likeness (QED) is 0.399. The van der Waals surface area contributed by atoms with Crippen LogP contribution < -0.4 is 0 Å². The Labute approximate surface area is 120 Å². The van der Waals surface area contributed by atoms with E-state index < -0.39 is 0 Å². The van der Waals surface area contributed by atoms with Gasteiger partial charge in [0.05, 0.1) is 0 Å². The summed E-state index contributed by atoms with van der Waals surface area (Å²) in [5.41, 5.74) is 0. The molecule has 0 radical (unpaired) electrons. The van der Waals surface area contributed by atoms with E-state index in [0.29, 0.717) is 0 Å². The van der Waals surface area contributed by atoms with Crippen LogP contribution in [0.5, 0.6) is 0 Å². The molecule has 0 amide bonds. The van der Waals surface area contributed by atoms with Crippen molar-refractivity contribution >= 4 is 12.8 Å². The molecule has 0 aromatic rings. The second-order valence-electron chi connectivity index (χ2n) is 5.93. The average molecular weight is 272 g/mol. The molecule has 0 spiro atoms. The van der Waals surface area contributed by atoms with Crippen LogP contribution in [0.15, 0.2) is 0 Å². The van der Waals surface area contributed by atoms with Gasteiger partial charge in [0.25, 0.3) is 0 Å². The van der Waals surface area contributed by atoms with Gasteiger partial charge in [-0.1, -0.05) is 83.9 Å². The molecule has 2 heteroatoms. The van der Waals surface area contributed by atoms with E-state index in [9.17, 15) is 0 Å². The Hall–Kier alpha value is 0.310. The molecule has 0 aromatic heterocycles. The maximum Gasteiger partial charge on any atom is 0.0200 e. The van der Waals surface area contributed by atoms with E-state index in [1.54, 1.807) is 0 Å². The van der Waals surface area contributed by atoms with Crippen molar-refractivity contribution in [2.24, 2.45) is 0 Å². The van der Waals surface area contributed by atoms with Crippen LogP contribution in [0.25, 0.3) is 0 Å². The smallest absolute Gasteiger partial charge is 0.0200 e. The first-order chi connectivity index (χ1) is 8.84. The highest BCUT2D eigenvalue weighted by molar-refractivity contribution is 7.77. The topological polar surface area (TPSA) is 3.24 Å². The Kier molecular flexibility index (Phi) is 10.1. The fourth-order valence-corrected chi connectivity index (χ4v) is 3.34. The van der Waals surface area contributed by atoms with Crippen LogP contribution in [-0.2, 0) is 0 Å². The molecule has 0 atom stereocenters. The number of unbranched alkanes of at least 4 members (excludes halogenated alkanes) is 7. The first-order valence-corrected chi connectivity index (χ1v) is 8.70. The van der Waals surface area contributed by atoms with Gasteiger partial charge in [0.1, 0.15) is 0 Å². The Morgan fingerprint density at radius 3 is 2.00 bits per heavy atom. The van der Waals surface area contributed by atoms with E-state index >= 15 is 0 Å². The number of rotatable bonds is 10. The Bertz CT molecular complexity index is 178. The maximum atomic E-state index is 4.68. The van der Waals surface area contributed by atoms with Gasteiger partial charge in [-0.3, -0.25) is 4.31 Å². The number of nitrogens with zero attached hydrogens (tertiary/aromatic N) is 1. The van der Waals surface area contributed by atoms with Crippen LogP contribution in [0.3, 0.4) is 0 Å². The van der Waals surface area contributed by atoms with Crippen molar-refractivity contribution < 1.29 is 0 Å². The molecule has 1 rings (SSSR count). The number of thiol groups is 1. The summed E-state index contributed by atoms with van der Waals surface area (Å²) in [6.45, 7) is 3.48. The summed E-state index contributed by atoms with van der Waals surface area (Å²) < 4.78 is 2.33. The molecule has 0 bridgehead atoms. The van der Waals surface area contributed by atoms with Gasteiger partial charge in [0.15, 0.2) is 0 Å². The lowest BCUT2D eigenvalue weighted by Gasteiger charge is -2.29. The van der Waals surface area contributed by atoms with Gasteiger partial charge in [-0.15, -0.1) is 0 Å². The first-order valence-electron chi connectivity index (χ1n) is 8.30. The molecule has 1 aliphatic rings. The minimum Gasteiger partial charge on any atom is -0.250 e. The summed E-state index contributed by atoms with van der Waals surface area (Å²) in [7, 11) is 0. The van der Waals surface area contributed by atoms with Crippen molar-refractivity contribution in [2.75, 3.05) is 6.54 Å². The zero-order valence-electron chi connectivity index (χ0n) is 12.4. The van der Waals surface area contributed by atoms with Crippen molar-refractivity contribution in [1.82, 2.24) is 4.31 Å². The normalized spacial score (nSPS) is 17.5. The first kappa shape index (κ1) is 16.4. The minimum absolute atomic E-state index is 0.770. The van der Waals surface area contributed by atoms with E-state index in [0.717, 1.165) is 6.04 Å². The third-order valence-corrected chi connectivity index (χ3v) is 4.76. The van der Waals surface area contributed by atoms with Crippen molar-refractivity contribution in [3.05, 3.63) is 0 Å². The molecule has 1 fully saturated rings. The van der Waals surface area contributed by atoms with E-state index in [1.807, 2.05) is 0 Å². The fourth-order valence-electron chi connectivity index (χ4n) is 2.97. The summed E-state index contributed by atoms with van der Waals surface area (Å²) in [6.07, 6.45) is 18.3. The summed E-state index contributed by atoms with van der Waals surface area (Å²) in [5, 5.41) is 0. The van der Waals surface area contributed by atoms with Crippen molar-refractivity contribution in [3.63, 3.8) is 0 Å². The zero-order chi connectivity index (χ0) is 13.1. The molecule has 0 aliphatic heterocycles. The predicted octanol–water partition coefficient (Wildman–Crippen LogP) is 5.61. The van der Waals surface area contributed by atoms with Crippen LogP contribution in [0, 0.1) is 0 Å². The molecule has 0 N–H and O–H groups in total. The average Bonchev–Trinajstić information content (AvgIpc) is 2.42. The van der Waals surface area contributed by atoms with Crippen molar-refractivity contribution in [1.29, 1.82) is 0 Å². The lowest BCUT2D eigenvalue weighted by molar-refractivity contribution is 0.271. The Balaban J connectivity index is 1.87. The largest absolute Gasteiger partial charge is 0.250 e. The highest BCUT2D eigenvalue weighted by atomic mass is 32.1. The molecule has 0 aromatic carbocycles. The standard InChI is InChI=1S/C16H33NS/c1-2-3-4-5-6-7-8-12-15-17(18)16-13-10-9-11-14-16/h16,18H,2-15H2,1H3. The fraction of sp³-hybridized carbons (Fsp3) is 1.00. The third-order valence-electron chi connectivity index (χ3n) is 4.24. The SMILES string of the molecule is CCCCCCCCCCN(S)C1CCCCC1. The third kappa shape index (κ3) is 7.68. The molecular weight excluding hydrogens is 238 g/mol. The van der Waals surface area contributed by atoms with Gasteiger partial charge < -0.3 is 0 Å². The lowest BCUT2D eigenvalue weighted by Crippen LogP contribution is -2.30. The maximum absolute atomic E-state index is 4.68. The van der Waals surface area contributed by atoms with Crippen LogP contribution in [0.2, 0.25) is 0 Å². The van der Waals surface area contributed by atoms with E-state index in [-0.39, 0.29) is 0 Å². The highest BCUT2D eigenvalue weighted by Gasteiger charge is 2.17. The van der Waals surface area contributed by atoms with Crippen LogP contribution in [-0.4, -0.2) is 16.9 Å². The number of hydrogen-bond donors (Lipinski definition) is 1. The Morgan fingerprint density at radius 1 is 0.833 bits per heavy atom. The molecule has 1 saturated carbocycles. The van der Waals surface area contributed by atoms with Crippen LogP contribution in [0.1, 0.15) is 90.4 Å². The summed E-state index contributed by atoms with van der Waals surface area (Å²) in [6, 6.07) is 0.770. The lowest BCUT2D eigenvalue weighted by atomic mass is 9.95. The summed E-state index contributed by atoms with van der Waals surface area (Å²) in [4.78, 5) is 0. The monoisotopic (exact) mass is 271 g/mol. The molecule has 0 heterocycles. The van der Waals surface area contributed by atoms with E-state index in [2.05, 4.69) is 24.0 Å². The van der Waals surface area contributed by atoms with Crippen LogP contribution in [0.4, 0.5) is 0 Å². The van der Waals surface area contributed by atoms with E-state index in [4.69, 9.17) is 0 Å². The van der Waals surface area contributed by atoms with Gasteiger partial charge in [0, 0.05) is 12.6 Å². The summed E-state index contributed by atoms with van der Waals surface area (Å²) >= 11 is 4.68. The molecular formula is C16H33NS. The Morgan fingerprint density at radius 2 is 1.39 bits per heavy atom. The second-order valence-corrected chi connectivity index (χ2v) is 6.44. The van der Waals surface area contributed by atoms with Gasteiger partial charge >= 0.3 is 0 Å². The zero-order valence-corrected chi connectivity index (χ0v) is 13.3. The van der Waals surface area contributed by atoms with Crippen LogP contribution >= 0.6 is 12.8 Å². The predicted molar refractivity (Wildman–Crippen MR) is 85.2 cm³/mol. The number of hydrogen-bond acceptors (Lipinski definition) is 2. The molecule has 1 aliphatic carbocycles. The van der Waals surface area contributed by atoms with Gasteiger partial charge in [-0.05, 0) is 19.3 Å². The molecule has 1 nitrogen and oxygen atoms in total. The highest BCUT2D eigenvalue weighted by Crippen LogP contribution is 2.24. The van der Waals surface area contributed by atoms with E-state index in [1.165, 1.54) is 90.0 Å². The van der Waals surface area contributed by atoms with Gasteiger partial charge in [0.2, 0.25) is 0 Å². The second kappa shape index (κ2) is 11.2. The van der Waals surface area contributed by atoms with Crippen molar-refractivity contribution in [3.8, 4) is 0 Å².